The summed E-state index contributed by atoms with van der Waals surface area (Å²) in [7, 11) is 3.52. The molecule has 102 valence electrons. The second-order valence-electron chi connectivity index (χ2n) is 5.17. The van der Waals surface area contributed by atoms with Crippen molar-refractivity contribution in [3.63, 3.8) is 0 Å². The first-order valence-electron chi connectivity index (χ1n) is 6.33. The molecule has 4 heteroatoms. The number of rotatable bonds is 7. The van der Waals surface area contributed by atoms with Crippen molar-refractivity contribution in [1.82, 2.24) is 10.2 Å². The molecule has 0 amide bonds. The smallest absolute Gasteiger partial charge is 0.325 e. The highest BCUT2D eigenvalue weighted by molar-refractivity contribution is 5.80. The van der Waals surface area contributed by atoms with Crippen LogP contribution >= 0.6 is 0 Å². The second-order valence-corrected chi connectivity index (χ2v) is 5.17. The highest BCUT2D eigenvalue weighted by atomic mass is 16.5. The Morgan fingerprint density at radius 1 is 1.41 bits per heavy atom. The second kappa shape index (κ2) is 6.97. The highest BCUT2D eigenvalue weighted by Crippen LogP contribution is 2.18. The summed E-state index contributed by atoms with van der Waals surface area (Å²) in [6, 6.07) is 0.784. The maximum atomic E-state index is 11.8. The summed E-state index contributed by atoms with van der Waals surface area (Å²) in [6.07, 6.45) is 0.738. The van der Waals surface area contributed by atoms with E-state index in [2.05, 4.69) is 38.0 Å². The predicted octanol–water partition coefficient (Wildman–Crippen LogP) is 1.65. The van der Waals surface area contributed by atoms with E-state index in [9.17, 15) is 4.79 Å². The summed E-state index contributed by atoms with van der Waals surface area (Å²) in [5.41, 5.74) is -0.605. The Hall–Kier alpha value is -0.610. The van der Waals surface area contributed by atoms with Gasteiger partial charge in [-0.05, 0) is 47.7 Å². The molecule has 0 spiro atoms. The molecule has 0 aromatic carbocycles. The van der Waals surface area contributed by atoms with Crippen LogP contribution in [0.4, 0.5) is 0 Å². The lowest BCUT2D eigenvalue weighted by molar-refractivity contribution is -0.148. The van der Waals surface area contributed by atoms with Crippen molar-refractivity contribution in [2.24, 2.45) is 0 Å². The van der Waals surface area contributed by atoms with E-state index in [1.807, 2.05) is 13.8 Å². The van der Waals surface area contributed by atoms with Gasteiger partial charge in [0.15, 0.2) is 0 Å². The first-order chi connectivity index (χ1) is 7.78. The van der Waals surface area contributed by atoms with Gasteiger partial charge in [-0.15, -0.1) is 0 Å². The minimum Gasteiger partial charge on any atom is -0.468 e. The van der Waals surface area contributed by atoms with Gasteiger partial charge in [-0.25, -0.2) is 0 Å². The van der Waals surface area contributed by atoms with Crippen molar-refractivity contribution in [3.8, 4) is 0 Å². The summed E-state index contributed by atoms with van der Waals surface area (Å²) in [5, 5.41) is 3.23. The SMILES string of the molecule is CCNC(C)(CC(C)N(C)C(C)C)C(=O)OC. The first-order valence-corrected chi connectivity index (χ1v) is 6.33. The molecular formula is C13H28N2O2. The molecule has 0 aliphatic rings. The molecule has 0 saturated carbocycles. The van der Waals surface area contributed by atoms with Crippen LogP contribution < -0.4 is 5.32 Å². The molecule has 0 aliphatic heterocycles. The van der Waals surface area contributed by atoms with E-state index < -0.39 is 5.54 Å². The molecule has 2 atom stereocenters. The number of carbonyl (C=O) groups is 1. The molecule has 0 fully saturated rings. The van der Waals surface area contributed by atoms with Crippen LogP contribution in [0.5, 0.6) is 0 Å². The van der Waals surface area contributed by atoms with Gasteiger partial charge in [0.2, 0.25) is 0 Å². The molecule has 0 radical (unpaired) electrons. The quantitative estimate of drug-likeness (QED) is 0.691. The molecule has 0 saturated heterocycles. The number of nitrogens with zero attached hydrogens (tertiary/aromatic N) is 1. The fourth-order valence-corrected chi connectivity index (χ4v) is 2.09. The van der Waals surface area contributed by atoms with Gasteiger partial charge in [-0.2, -0.15) is 0 Å². The molecular weight excluding hydrogens is 216 g/mol. The number of hydrogen-bond acceptors (Lipinski definition) is 4. The summed E-state index contributed by atoms with van der Waals surface area (Å²) in [6.45, 7) is 11.1. The van der Waals surface area contributed by atoms with Crippen molar-refractivity contribution in [1.29, 1.82) is 0 Å². The van der Waals surface area contributed by atoms with E-state index in [1.165, 1.54) is 7.11 Å². The van der Waals surface area contributed by atoms with Crippen LogP contribution in [0.15, 0.2) is 0 Å². The maximum Gasteiger partial charge on any atom is 0.325 e. The average molecular weight is 244 g/mol. The zero-order valence-electron chi connectivity index (χ0n) is 12.3. The Kier molecular flexibility index (Phi) is 6.72. The minimum atomic E-state index is -0.605. The van der Waals surface area contributed by atoms with Crippen molar-refractivity contribution in [2.75, 3.05) is 20.7 Å². The van der Waals surface area contributed by atoms with Gasteiger partial charge in [-0.1, -0.05) is 6.92 Å². The van der Waals surface area contributed by atoms with Crippen molar-refractivity contribution in [2.45, 2.75) is 58.7 Å². The fourth-order valence-electron chi connectivity index (χ4n) is 2.09. The zero-order valence-corrected chi connectivity index (χ0v) is 12.3. The van der Waals surface area contributed by atoms with Crippen LogP contribution in [0.1, 0.15) is 41.0 Å². The molecule has 0 aliphatic carbocycles. The fraction of sp³-hybridized carbons (Fsp3) is 0.923. The lowest BCUT2D eigenvalue weighted by atomic mass is 9.92. The standard InChI is InChI=1S/C13H28N2O2/c1-8-14-13(5,12(16)17-7)9-11(4)15(6)10(2)3/h10-11,14H,8-9H2,1-7H3. The van der Waals surface area contributed by atoms with Gasteiger partial charge >= 0.3 is 5.97 Å². The number of methoxy groups -OCH3 is 1. The van der Waals surface area contributed by atoms with Crippen LogP contribution in [-0.2, 0) is 9.53 Å². The minimum absolute atomic E-state index is 0.191. The van der Waals surface area contributed by atoms with E-state index in [1.54, 1.807) is 0 Å². The summed E-state index contributed by atoms with van der Waals surface area (Å²) in [4.78, 5) is 14.1. The summed E-state index contributed by atoms with van der Waals surface area (Å²) >= 11 is 0. The van der Waals surface area contributed by atoms with E-state index in [4.69, 9.17) is 4.74 Å². The average Bonchev–Trinajstić information content (AvgIpc) is 2.26. The number of carbonyl (C=O) groups excluding carboxylic acids is 1. The Morgan fingerprint density at radius 3 is 2.29 bits per heavy atom. The number of ether oxygens (including phenoxy) is 1. The Morgan fingerprint density at radius 2 is 1.94 bits per heavy atom. The lowest BCUT2D eigenvalue weighted by Gasteiger charge is -2.35. The maximum absolute atomic E-state index is 11.8. The van der Waals surface area contributed by atoms with Gasteiger partial charge in [0.05, 0.1) is 7.11 Å². The molecule has 0 heterocycles. The Balaban J connectivity index is 4.70. The van der Waals surface area contributed by atoms with E-state index >= 15 is 0 Å². The van der Waals surface area contributed by atoms with E-state index in [-0.39, 0.29) is 5.97 Å². The molecule has 4 nitrogen and oxygen atoms in total. The molecule has 0 bridgehead atoms. The number of nitrogens with one attached hydrogen (secondary N) is 1. The third-order valence-corrected chi connectivity index (χ3v) is 3.42. The molecule has 0 aromatic rings. The largest absolute Gasteiger partial charge is 0.468 e. The predicted molar refractivity (Wildman–Crippen MR) is 71.1 cm³/mol. The lowest BCUT2D eigenvalue weighted by Crippen LogP contribution is -2.54. The van der Waals surface area contributed by atoms with Gasteiger partial charge in [-0.3, -0.25) is 4.79 Å². The normalized spacial score (nSPS) is 17.0. The van der Waals surface area contributed by atoms with Crippen molar-refractivity contribution < 1.29 is 9.53 Å². The first kappa shape index (κ1) is 16.4. The molecule has 17 heavy (non-hydrogen) atoms. The van der Waals surface area contributed by atoms with Crippen molar-refractivity contribution >= 4 is 5.97 Å². The number of likely N-dealkylation sites (N-methyl/N-ethyl adjacent to an activating group) is 1. The topological polar surface area (TPSA) is 41.6 Å². The van der Waals surface area contributed by atoms with Gasteiger partial charge in [0, 0.05) is 12.1 Å². The summed E-state index contributed by atoms with van der Waals surface area (Å²) in [5.74, 6) is -0.191. The monoisotopic (exact) mass is 244 g/mol. The van der Waals surface area contributed by atoms with Crippen LogP contribution in [0.25, 0.3) is 0 Å². The molecule has 1 N–H and O–H groups in total. The van der Waals surface area contributed by atoms with E-state index in [0.29, 0.717) is 12.1 Å². The third-order valence-electron chi connectivity index (χ3n) is 3.42. The van der Waals surface area contributed by atoms with Crippen LogP contribution in [0.2, 0.25) is 0 Å². The van der Waals surface area contributed by atoms with Gasteiger partial charge in [0.1, 0.15) is 5.54 Å². The molecule has 0 rings (SSSR count). The zero-order chi connectivity index (χ0) is 13.6. The van der Waals surface area contributed by atoms with Gasteiger partial charge in [0.25, 0.3) is 0 Å². The Labute approximate surface area is 106 Å². The van der Waals surface area contributed by atoms with Crippen LogP contribution in [0.3, 0.4) is 0 Å². The summed E-state index contributed by atoms with van der Waals surface area (Å²) < 4.78 is 4.89. The number of esters is 1. The van der Waals surface area contributed by atoms with Crippen molar-refractivity contribution in [3.05, 3.63) is 0 Å². The number of hydrogen-bond donors (Lipinski definition) is 1. The third kappa shape index (κ3) is 4.64. The van der Waals surface area contributed by atoms with Crippen LogP contribution in [0, 0.1) is 0 Å². The Bertz CT molecular complexity index is 244. The highest BCUT2D eigenvalue weighted by Gasteiger charge is 2.36. The molecule has 2 unspecified atom stereocenters. The molecule has 0 aromatic heterocycles. The van der Waals surface area contributed by atoms with E-state index in [0.717, 1.165) is 13.0 Å². The van der Waals surface area contributed by atoms with Crippen LogP contribution in [-0.4, -0.2) is 49.2 Å². The van der Waals surface area contributed by atoms with Gasteiger partial charge < -0.3 is 15.0 Å².